The number of fused-ring (bicyclic) bond motifs is 1. The average Bonchev–Trinajstić information content (AvgIpc) is 2.72. The number of benzene rings is 1. The second-order valence-corrected chi connectivity index (χ2v) is 7.47. The van der Waals surface area contributed by atoms with E-state index in [0.717, 1.165) is 25.4 Å². The number of hydrogen-bond donors (Lipinski definition) is 1. The van der Waals surface area contributed by atoms with Crippen LogP contribution in [-0.2, 0) is 14.3 Å². The zero-order valence-electron chi connectivity index (χ0n) is 15.9. The number of esters is 1. The standard InChI is InChI=1S/C21H25N3O4/c22-11-9-19(25)23-18-7-5-16(6-8-18)21(27)28-14-20(26)24-12-10-15-3-1-2-4-17(15)13-24/h5-8,15,17H,1-4,9-10,12-14H2,(H,23,25)/t15-,17-/m1/s1. The van der Waals surface area contributed by atoms with Crippen molar-refractivity contribution in [2.75, 3.05) is 25.0 Å². The van der Waals surface area contributed by atoms with Crippen LogP contribution in [0.15, 0.2) is 24.3 Å². The van der Waals surface area contributed by atoms with Gasteiger partial charge in [-0.15, -0.1) is 0 Å². The molecule has 2 amide bonds. The number of carbonyl (C=O) groups is 3. The van der Waals surface area contributed by atoms with Crippen LogP contribution in [0.5, 0.6) is 0 Å². The molecule has 148 valence electrons. The van der Waals surface area contributed by atoms with E-state index in [1.165, 1.54) is 37.8 Å². The van der Waals surface area contributed by atoms with Crippen molar-refractivity contribution < 1.29 is 19.1 Å². The molecule has 7 heteroatoms. The molecule has 1 aliphatic heterocycles. The number of carbonyl (C=O) groups excluding carboxylic acids is 3. The minimum atomic E-state index is -0.573. The maximum absolute atomic E-state index is 12.4. The molecule has 3 rings (SSSR count). The van der Waals surface area contributed by atoms with Gasteiger partial charge >= 0.3 is 5.97 Å². The number of amides is 2. The maximum atomic E-state index is 12.4. The van der Waals surface area contributed by atoms with E-state index < -0.39 is 11.9 Å². The first-order valence-corrected chi connectivity index (χ1v) is 9.78. The molecule has 1 heterocycles. The minimum Gasteiger partial charge on any atom is -0.452 e. The molecule has 0 aromatic heterocycles. The Morgan fingerprint density at radius 3 is 2.54 bits per heavy atom. The molecule has 7 nitrogen and oxygen atoms in total. The number of likely N-dealkylation sites (tertiary alicyclic amines) is 1. The molecule has 0 unspecified atom stereocenters. The summed E-state index contributed by atoms with van der Waals surface area (Å²) in [5.41, 5.74) is 0.792. The smallest absolute Gasteiger partial charge is 0.338 e. The van der Waals surface area contributed by atoms with Gasteiger partial charge in [-0.1, -0.05) is 19.3 Å². The number of nitrogens with zero attached hydrogens (tertiary/aromatic N) is 2. The summed E-state index contributed by atoms with van der Waals surface area (Å²) in [6, 6.07) is 7.91. The Hall–Kier alpha value is -2.88. The van der Waals surface area contributed by atoms with E-state index in [4.69, 9.17) is 10.00 Å². The van der Waals surface area contributed by atoms with E-state index in [0.29, 0.717) is 17.2 Å². The zero-order chi connectivity index (χ0) is 19.9. The van der Waals surface area contributed by atoms with Gasteiger partial charge in [0.1, 0.15) is 6.42 Å². The minimum absolute atomic E-state index is 0.141. The van der Waals surface area contributed by atoms with Gasteiger partial charge in [0.05, 0.1) is 11.6 Å². The van der Waals surface area contributed by atoms with Gasteiger partial charge in [0.2, 0.25) is 5.91 Å². The molecule has 1 saturated carbocycles. The predicted molar refractivity (Wildman–Crippen MR) is 102 cm³/mol. The summed E-state index contributed by atoms with van der Waals surface area (Å²) in [4.78, 5) is 37.8. The molecular weight excluding hydrogens is 358 g/mol. The van der Waals surface area contributed by atoms with Gasteiger partial charge in [-0.2, -0.15) is 5.26 Å². The lowest BCUT2D eigenvalue weighted by atomic mass is 9.75. The lowest BCUT2D eigenvalue weighted by molar-refractivity contribution is -0.137. The molecule has 0 spiro atoms. The Balaban J connectivity index is 1.46. The normalized spacial score (nSPS) is 21.2. The van der Waals surface area contributed by atoms with E-state index in [2.05, 4.69) is 5.32 Å². The molecule has 0 radical (unpaired) electrons. The van der Waals surface area contributed by atoms with Crippen LogP contribution in [0, 0.1) is 23.2 Å². The summed E-state index contributed by atoms with van der Waals surface area (Å²) in [7, 11) is 0. The first-order valence-electron chi connectivity index (χ1n) is 9.78. The van der Waals surface area contributed by atoms with Crippen molar-refractivity contribution >= 4 is 23.5 Å². The van der Waals surface area contributed by atoms with Gasteiger partial charge in [-0.05, 0) is 48.9 Å². The van der Waals surface area contributed by atoms with Crippen molar-refractivity contribution in [1.82, 2.24) is 4.90 Å². The molecular formula is C21H25N3O4. The average molecular weight is 383 g/mol. The highest BCUT2D eigenvalue weighted by Crippen LogP contribution is 2.36. The highest BCUT2D eigenvalue weighted by Gasteiger charge is 2.33. The predicted octanol–water partition coefficient (Wildman–Crippen LogP) is 2.73. The molecule has 2 fully saturated rings. The SMILES string of the molecule is N#CCC(=O)Nc1ccc(C(=O)OCC(=O)N2CC[C@H]3CCCC[C@@H]3C2)cc1. The molecule has 1 aromatic rings. The van der Waals surface area contributed by atoms with Gasteiger partial charge in [-0.25, -0.2) is 4.79 Å². The van der Waals surface area contributed by atoms with Crippen LogP contribution in [-0.4, -0.2) is 42.4 Å². The lowest BCUT2D eigenvalue weighted by Gasteiger charge is -2.41. The van der Waals surface area contributed by atoms with Crippen molar-refractivity contribution in [3.8, 4) is 6.07 Å². The van der Waals surface area contributed by atoms with Crippen LogP contribution in [0.3, 0.4) is 0 Å². The van der Waals surface area contributed by atoms with Gasteiger partial charge in [0, 0.05) is 18.8 Å². The third-order valence-corrected chi connectivity index (χ3v) is 5.61. The summed E-state index contributed by atoms with van der Waals surface area (Å²) in [5, 5.41) is 11.0. The molecule has 1 aliphatic carbocycles. The lowest BCUT2D eigenvalue weighted by Crippen LogP contribution is -2.46. The van der Waals surface area contributed by atoms with E-state index in [1.54, 1.807) is 18.2 Å². The fourth-order valence-electron chi connectivity index (χ4n) is 4.10. The Morgan fingerprint density at radius 1 is 1.11 bits per heavy atom. The van der Waals surface area contributed by atoms with E-state index in [9.17, 15) is 14.4 Å². The summed E-state index contributed by atoms with van der Waals surface area (Å²) in [5.74, 6) is 0.206. The van der Waals surface area contributed by atoms with Crippen LogP contribution in [0.25, 0.3) is 0 Å². The van der Waals surface area contributed by atoms with E-state index in [1.807, 2.05) is 4.90 Å². The second-order valence-electron chi connectivity index (χ2n) is 7.47. The highest BCUT2D eigenvalue weighted by molar-refractivity contribution is 5.94. The van der Waals surface area contributed by atoms with Crippen molar-refractivity contribution in [3.05, 3.63) is 29.8 Å². The molecule has 1 saturated heterocycles. The molecule has 0 bridgehead atoms. The van der Waals surface area contributed by atoms with Crippen molar-refractivity contribution in [2.24, 2.45) is 11.8 Å². The number of anilines is 1. The van der Waals surface area contributed by atoms with Crippen LogP contribution in [0.1, 0.15) is 48.9 Å². The number of piperidine rings is 1. The Bertz CT molecular complexity index is 769. The maximum Gasteiger partial charge on any atom is 0.338 e. The number of nitrogens with one attached hydrogen (secondary N) is 1. The highest BCUT2D eigenvalue weighted by atomic mass is 16.5. The molecule has 2 atom stereocenters. The Morgan fingerprint density at radius 2 is 1.82 bits per heavy atom. The van der Waals surface area contributed by atoms with Gasteiger partial charge < -0.3 is 15.0 Å². The van der Waals surface area contributed by atoms with Crippen molar-refractivity contribution in [2.45, 2.75) is 38.5 Å². The largest absolute Gasteiger partial charge is 0.452 e. The fourth-order valence-corrected chi connectivity index (χ4v) is 4.10. The third-order valence-electron chi connectivity index (χ3n) is 5.61. The Kier molecular flexibility index (Phi) is 6.64. The fraction of sp³-hybridized carbons (Fsp3) is 0.524. The summed E-state index contributed by atoms with van der Waals surface area (Å²) in [6.07, 6.45) is 5.81. The number of hydrogen-bond acceptors (Lipinski definition) is 5. The quantitative estimate of drug-likeness (QED) is 0.788. The summed E-state index contributed by atoms with van der Waals surface area (Å²) >= 11 is 0. The Labute approximate surface area is 164 Å². The van der Waals surface area contributed by atoms with Crippen molar-refractivity contribution in [3.63, 3.8) is 0 Å². The van der Waals surface area contributed by atoms with Crippen LogP contribution in [0.2, 0.25) is 0 Å². The van der Waals surface area contributed by atoms with E-state index in [-0.39, 0.29) is 18.9 Å². The van der Waals surface area contributed by atoms with E-state index >= 15 is 0 Å². The molecule has 28 heavy (non-hydrogen) atoms. The van der Waals surface area contributed by atoms with Crippen LogP contribution < -0.4 is 5.32 Å². The first-order chi connectivity index (χ1) is 13.6. The zero-order valence-corrected chi connectivity index (χ0v) is 15.9. The number of ether oxygens (including phenoxy) is 1. The van der Waals surface area contributed by atoms with Gasteiger partial charge in [0.15, 0.2) is 6.61 Å². The second kappa shape index (κ2) is 9.36. The molecule has 1 N–H and O–H groups in total. The molecule has 1 aromatic carbocycles. The summed E-state index contributed by atoms with van der Waals surface area (Å²) in [6.45, 7) is 1.27. The number of rotatable bonds is 5. The van der Waals surface area contributed by atoms with Gasteiger partial charge in [-0.3, -0.25) is 9.59 Å². The van der Waals surface area contributed by atoms with Gasteiger partial charge in [0.25, 0.3) is 5.91 Å². The van der Waals surface area contributed by atoms with Crippen LogP contribution >= 0.6 is 0 Å². The summed E-state index contributed by atoms with van der Waals surface area (Å²) < 4.78 is 5.18. The van der Waals surface area contributed by atoms with Crippen molar-refractivity contribution in [1.29, 1.82) is 5.26 Å². The number of nitriles is 1. The monoisotopic (exact) mass is 383 g/mol. The topological polar surface area (TPSA) is 99.5 Å². The third kappa shape index (κ3) is 5.10. The molecule has 2 aliphatic rings. The first kappa shape index (κ1) is 19.9. The van der Waals surface area contributed by atoms with Crippen LogP contribution in [0.4, 0.5) is 5.69 Å².